The zero-order valence-electron chi connectivity index (χ0n) is 12.3. The summed E-state index contributed by atoms with van der Waals surface area (Å²) in [5.74, 6) is 0.230. The molecule has 0 atom stereocenters. The first-order valence-electron chi connectivity index (χ1n) is 6.99. The predicted octanol–water partition coefficient (Wildman–Crippen LogP) is 3.00. The van der Waals surface area contributed by atoms with Crippen LogP contribution in [0.25, 0.3) is 0 Å². The van der Waals surface area contributed by atoms with Crippen LogP contribution >= 0.6 is 0 Å². The SMILES string of the molecule is CC(C)CC(=O)NN=C(c1ccccc1)c1ccncc1. The summed E-state index contributed by atoms with van der Waals surface area (Å²) in [5.41, 5.74) is 5.24. The molecule has 0 aliphatic rings. The van der Waals surface area contributed by atoms with Crippen LogP contribution in [0.15, 0.2) is 60.0 Å². The van der Waals surface area contributed by atoms with Gasteiger partial charge in [-0.25, -0.2) is 5.43 Å². The average molecular weight is 281 g/mol. The van der Waals surface area contributed by atoms with E-state index in [2.05, 4.69) is 15.5 Å². The minimum atomic E-state index is -0.0764. The van der Waals surface area contributed by atoms with Crippen LogP contribution in [0.5, 0.6) is 0 Å². The van der Waals surface area contributed by atoms with Crippen molar-refractivity contribution in [2.75, 3.05) is 0 Å². The number of pyridine rings is 1. The molecule has 1 aromatic heterocycles. The van der Waals surface area contributed by atoms with Crippen LogP contribution in [0.4, 0.5) is 0 Å². The van der Waals surface area contributed by atoms with E-state index >= 15 is 0 Å². The standard InChI is InChI=1S/C17H19N3O/c1-13(2)12-16(21)19-20-17(14-6-4-3-5-7-14)15-8-10-18-11-9-15/h3-11,13H,12H2,1-2H3,(H,19,21). The van der Waals surface area contributed by atoms with E-state index in [1.54, 1.807) is 12.4 Å². The number of hydrogen-bond donors (Lipinski definition) is 1. The van der Waals surface area contributed by atoms with E-state index in [4.69, 9.17) is 0 Å². The Labute approximate surface area is 124 Å². The van der Waals surface area contributed by atoms with E-state index in [0.717, 1.165) is 16.8 Å². The molecule has 4 nitrogen and oxygen atoms in total. The lowest BCUT2D eigenvalue weighted by Gasteiger charge is -2.08. The van der Waals surface area contributed by atoms with Gasteiger partial charge in [0.25, 0.3) is 0 Å². The fourth-order valence-electron chi connectivity index (χ4n) is 1.94. The van der Waals surface area contributed by atoms with Crippen LogP contribution in [0, 0.1) is 5.92 Å². The molecule has 1 N–H and O–H groups in total. The molecular weight excluding hydrogens is 262 g/mol. The van der Waals surface area contributed by atoms with Crippen molar-refractivity contribution in [2.24, 2.45) is 11.0 Å². The van der Waals surface area contributed by atoms with E-state index < -0.39 is 0 Å². The fourth-order valence-corrected chi connectivity index (χ4v) is 1.94. The van der Waals surface area contributed by atoms with E-state index in [1.807, 2.05) is 56.3 Å². The molecule has 108 valence electrons. The highest BCUT2D eigenvalue weighted by molar-refractivity contribution is 6.13. The van der Waals surface area contributed by atoms with Gasteiger partial charge in [0.1, 0.15) is 0 Å². The maximum absolute atomic E-state index is 11.8. The van der Waals surface area contributed by atoms with E-state index in [0.29, 0.717) is 12.3 Å². The minimum Gasteiger partial charge on any atom is -0.273 e. The molecule has 2 aromatic rings. The molecule has 0 aliphatic heterocycles. The molecule has 0 bridgehead atoms. The van der Waals surface area contributed by atoms with E-state index in [1.165, 1.54) is 0 Å². The lowest BCUT2D eigenvalue weighted by molar-refractivity contribution is -0.121. The number of rotatable bonds is 5. The van der Waals surface area contributed by atoms with E-state index in [9.17, 15) is 4.79 Å². The summed E-state index contributed by atoms with van der Waals surface area (Å²) < 4.78 is 0. The fraction of sp³-hybridized carbons (Fsp3) is 0.235. The summed E-state index contributed by atoms with van der Waals surface area (Å²) in [7, 11) is 0. The van der Waals surface area contributed by atoms with E-state index in [-0.39, 0.29) is 5.91 Å². The second-order valence-corrected chi connectivity index (χ2v) is 5.20. The third-order valence-corrected chi connectivity index (χ3v) is 2.89. The first kappa shape index (κ1) is 14.9. The molecule has 1 aromatic carbocycles. The first-order chi connectivity index (χ1) is 10.2. The molecule has 0 fully saturated rings. The Balaban J connectivity index is 2.27. The Morgan fingerprint density at radius 1 is 1.10 bits per heavy atom. The number of nitrogens with zero attached hydrogens (tertiary/aromatic N) is 2. The Morgan fingerprint density at radius 3 is 2.33 bits per heavy atom. The largest absolute Gasteiger partial charge is 0.273 e. The molecule has 1 amide bonds. The molecule has 21 heavy (non-hydrogen) atoms. The molecule has 0 spiro atoms. The summed E-state index contributed by atoms with van der Waals surface area (Å²) >= 11 is 0. The van der Waals surface area contributed by atoms with Crippen LogP contribution < -0.4 is 5.43 Å². The van der Waals surface area contributed by atoms with Crippen molar-refractivity contribution in [3.05, 3.63) is 66.0 Å². The van der Waals surface area contributed by atoms with Crippen LogP contribution in [-0.2, 0) is 4.79 Å². The highest BCUT2D eigenvalue weighted by Crippen LogP contribution is 2.09. The van der Waals surface area contributed by atoms with Crippen molar-refractivity contribution in [3.8, 4) is 0 Å². The minimum absolute atomic E-state index is 0.0764. The maximum atomic E-state index is 11.8. The van der Waals surface area contributed by atoms with Gasteiger partial charge in [-0.3, -0.25) is 9.78 Å². The molecule has 2 rings (SSSR count). The number of carbonyl (C=O) groups is 1. The van der Waals surface area contributed by atoms with Crippen molar-refractivity contribution in [1.29, 1.82) is 0 Å². The van der Waals surface area contributed by atoms with Gasteiger partial charge in [-0.15, -0.1) is 0 Å². The summed E-state index contributed by atoms with van der Waals surface area (Å²) in [6, 6.07) is 13.5. The normalized spacial score (nSPS) is 11.5. The number of hydrogen-bond acceptors (Lipinski definition) is 3. The highest BCUT2D eigenvalue weighted by Gasteiger charge is 2.08. The van der Waals surface area contributed by atoms with Gasteiger partial charge in [0.05, 0.1) is 5.71 Å². The summed E-state index contributed by atoms with van der Waals surface area (Å²) in [6.45, 7) is 4.01. The molecule has 0 aliphatic carbocycles. The monoisotopic (exact) mass is 281 g/mol. The lowest BCUT2D eigenvalue weighted by atomic mass is 10.0. The molecule has 0 unspecified atom stereocenters. The molecule has 4 heteroatoms. The third kappa shape index (κ3) is 4.53. The van der Waals surface area contributed by atoms with Gasteiger partial charge < -0.3 is 0 Å². The second kappa shape index (κ2) is 7.33. The van der Waals surface area contributed by atoms with Gasteiger partial charge in [0.2, 0.25) is 5.91 Å². The topological polar surface area (TPSA) is 54.4 Å². The van der Waals surface area contributed by atoms with Gasteiger partial charge in [-0.1, -0.05) is 44.2 Å². The van der Waals surface area contributed by atoms with Crippen molar-refractivity contribution in [3.63, 3.8) is 0 Å². The maximum Gasteiger partial charge on any atom is 0.240 e. The van der Waals surface area contributed by atoms with Crippen molar-refractivity contribution < 1.29 is 4.79 Å². The van der Waals surface area contributed by atoms with Crippen LogP contribution in [-0.4, -0.2) is 16.6 Å². The summed E-state index contributed by atoms with van der Waals surface area (Å²) in [5, 5.41) is 4.31. The summed E-state index contributed by atoms with van der Waals surface area (Å²) in [6.07, 6.45) is 3.88. The molecule has 0 radical (unpaired) electrons. The first-order valence-corrected chi connectivity index (χ1v) is 6.99. The molecule has 1 heterocycles. The van der Waals surface area contributed by atoms with Crippen molar-refractivity contribution in [1.82, 2.24) is 10.4 Å². The number of nitrogens with one attached hydrogen (secondary N) is 1. The number of carbonyl (C=O) groups excluding carboxylic acids is 1. The van der Waals surface area contributed by atoms with Crippen LogP contribution in [0.3, 0.4) is 0 Å². The van der Waals surface area contributed by atoms with Crippen molar-refractivity contribution in [2.45, 2.75) is 20.3 Å². The van der Waals surface area contributed by atoms with Gasteiger partial charge in [0.15, 0.2) is 0 Å². The molecular formula is C17H19N3O. The number of aromatic nitrogens is 1. The number of benzene rings is 1. The van der Waals surface area contributed by atoms with Gasteiger partial charge in [-0.2, -0.15) is 5.10 Å². The van der Waals surface area contributed by atoms with Gasteiger partial charge >= 0.3 is 0 Å². The third-order valence-electron chi connectivity index (χ3n) is 2.89. The Bertz CT molecular complexity index is 565. The van der Waals surface area contributed by atoms with Gasteiger partial charge in [0, 0.05) is 29.9 Å². The quantitative estimate of drug-likeness (QED) is 0.676. The Morgan fingerprint density at radius 2 is 1.71 bits per heavy atom. The smallest absolute Gasteiger partial charge is 0.240 e. The van der Waals surface area contributed by atoms with Crippen molar-refractivity contribution >= 4 is 11.6 Å². The lowest BCUT2D eigenvalue weighted by Crippen LogP contribution is -2.21. The number of amides is 1. The Hall–Kier alpha value is -2.49. The molecule has 0 saturated heterocycles. The summed E-state index contributed by atoms with van der Waals surface area (Å²) in [4.78, 5) is 15.8. The zero-order valence-corrected chi connectivity index (χ0v) is 12.3. The number of hydrazone groups is 1. The van der Waals surface area contributed by atoms with Crippen LogP contribution in [0.2, 0.25) is 0 Å². The van der Waals surface area contributed by atoms with Gasteiger partial charge in [-0.05, 0) is 18.1 Å². The zero-order chi connectivity index (χ0) is 15.1. The average Bonchev–Trinajstić information content (AvgIpc) is 2.49. The Kier molecular flexibility index (Phi) is 5.21. The highest BCUT2D eigenvalue weighted by atomic mass is 16.2. The molecule has 0 saturated carbocycles. The van der Waals surface area contributed by atoms with Crippen LogP contribution in [0.1, 0.15) is 31.4 Å². The second-order valence-electron chi connectivity index (χ2n) is 5.20. The predicted molar refractivity (Wildman–Crippen MR) is 83.9 cm³/mol.